The lowest BCUT2D eigenvalue weighted by Gasteiger charge is -2.34. The maximum Gasteiger partial charge on any atom is 0.490 e. The number of primary amides is 1. The van der Waals surface area contributed by atoms with E-state index in [1.165, 1.54) is 11.2 Å². The van der Waals surface area contributed by atoms with Gasteiger partial charge in [0.2, 0.25) is 5.82 Å². The van der Waals surface area contributed by atoms with E-state index in [0.717, 1.165) is 0 Å². The van der Waals surface area contributed by atoms with E-state index in [1.807, 2.05) is 26.8 Å². The third kappa shape index (κ3) is 7.65. The minimum absolute atomic E-state index is 0.0618. The Labute approximate surface area is 147 Å². The van der Waals surface area contributed by atoms with Crippen LogP contribution in [0.3, 0.4) is 0 Å². The molecule has 3 N–H and O–H groups in total. The number of hydrazine groups is 1. The van der Waals surface area contributed by atoms with Gasteiger partial charge in [-0.05, 0) is 12.8 Å². The van der Waals surface area contributed by atoms with Crippen LogP contribution in [0.15, 0.2) is 12.3 Å². The van der Waals surface area contributed by atoms with Gasteiger partial charge < -0.3 is 10.8 Å². The van der Waals surface area contributed by atoms with Crippen molar-refractivity contribution in [1.82, 2.24) is 15.0 Å². The first-order valence-corrected chi connectivity index (χ1v) is 7.31. The molecule has 1 heterocycles. The number of amides is 2. The Morgan fingerprint density at radius 1 is 1.42 bits per heavy atom. The molecule has 0 saturated heterocycles. The fourth-order valence-electron chi connectivity index (χ4n) is 1.65. The van der Waals surface area contributed by atoms with Gasteiger partial charge in [-0.15, -0.1) is 0 Å². The average molecular weight is 376 g/mol. The normalized spacial score (nSPS) is 10.4. The van der Waals surface area contributed by atoms with E-state index in [-0.39, 0.29) is 5.82 Å². The number of rotatable bonds is 5. The summed E-state index contributed by atoms with van der Waals surface area (Å²) in [7, 11) is 0. The van der Waals surface area contributed by atoms with Gasteiger partial charge in [0.05, 0.1) is 0 Å². The minimum Gasteiger partial charge on any atom is -0.475 e. The first kappa shape index (κ1) is 22.9. The molecule has 0 aromatic carbocycles. The van der Waals surface area contributed by atoms with Gasteiger partial charge in [-0.1, -0.05) is 13.8 Å². The molecular formula is C14H19F3N6O3. The van der Waals surface area contributed by atoms with Crippen molar-refractivity contribution in [1.29, 1.82) is 5.26 Å². The number of nitrogens with zero attached hydrogens (tertiary/aromatic N) is 5. The van der Waals surface area contributed by atoms with E-state index in [0.29, 0.717) is 24.8 Å². The number of anilines is 1. The second-order valence-electron chi connectivity index (χ2n) is 5.18. The highest BCUT2D eigenvalue weighted by molar-refractivity contribution is 5.74. The van der Waals surface area contributed by atoms with Crippen molar-refractivity contribution in [2.75, 3.05) is 18.1 Å². The summed E-state index contributed by atoms with van der Waals surface area (Å²) in [5, 5.41) is 19.0. The molecule has 2 amide bonds. The number of aromatic nitrogens is 2. The fourth-order valence-corrected chi connectivity index (χ4v) is 1.65. The summed E-state index contributed by atoms with van der Waals surface area (Å²) in [6.07, 6.45) is -3.59. The molecule has 1 aromatic rings. The molecule has 1 aromatic heterocycles. The second kappa shape index (κ2) is 10.0. The molecule has 26 heavy (non-hydrogen) atoms. The summed E-state index contributed by atoms with van der Waals surface area (Å²) >= 11 is 0. The van der Waals surface area contributed by atoms with Crippen LogP contribution in [-0.2, 0) is 4.79 Å². The average Bonchev–Trinajstić information content (AvgIpc) is 2.53. The summed E-state index contributed by atoms with van der Waals surface area (Å²) in [6, 6.07) is 2.97. The Balaban J connectivity index is 0.000000758. The highest BCUT2D eigenvalue weighted by atomic mass is 19.4. The first-order chi connectivity index (χ1) is 11.9. The number of carbonyl (C=O) groups is 2. The molecule has 0 fully saturated rings. The number of aliphatic carboxylic acids is 1. The third-order valence-corrected chi connectivity index (χ3v) is 2.63. The molecule has 0 aliphatic rings. The van der Waals surface area contributed by atoms with Crippen molar-refractivity contribution in [2.24, 2.45) is 11.7 Å². The number of alkyl halides is 3. The van der Waals surface area contributed by atoms with Crippen molar-refractivity contribution in [3.05, 3.63) is 18.1 Å². The molecule has 0 spiro atoms. The van der Waals surface area contributed by atoms with Crippen LogP contribution >= 0.6 is 0 Å². The number of carboxylic acids is 1. The highest BCUT2D eigenvalue weighted by Crippen LogP contribution is 2.15. The van der Waals surface area contributed by atoms with E-state index >= 15 is 0 Å². The topological polar surface area (TPSA) is 136 Å². The minimum atomic E-state index is -5.08. The Hall–Kier alpha value is -3.10. The summed E-state index contributed by atoms with van der Waals surface area (Å²) in [5.74, 6) is -1.91. The number of nitrogens with two attached hydrogens (primary N) is 1. The SMILES string of the molecule is CCN(C(N)=O)N(CC(C)C)c1ccnc(C#N)n1.O=C(O)C(F)(F)F. The molecule has 1 rings (SSSR count). The summed E-state index contributed by atoms with van der Waals surface area (Å²) in [5.41, 5.74) is 5.37. The van der Waals surface area contributed by atoms with E-state index in [1.54, 1.807) is 11.1 Å². The summed E-state index contributed by atoms with van der Waals surface area (Å²) in [4.78, 5) is 28.3. The molecule has 12 heteroatoms. The van der Waals surface area contributed by atoms with Crippen molar-refractivity contribution in [3.8, 4) is 6.07 Å². The molecule has 0 bridgehead atoms. The Morgan fingerprint density at radius 2 is 1.96 bits per heavy atom. The number of hydrogen-bond donors (Lipinski definition) is 2. The first-order valence-electron chi connectivity index (χ1n) is 7.31. The third-order valence-electron chi connectivity index (χ3n) is 2.63. The van der Waals surface area contributed by atoms with Gasteiger partial charge in [-0.25, -0.2) is 19.6 Å². The van der Waals surface area contributed by atoms with Crippen LogP contribution in [-0.4, -0.2) is 51.3 Å². The van der Waals surface area contributed by atoms with Crippen molar-refractivity contribution in [2.45, 2.75) is 26.9 Å². The monoisotopic (exact) mass is 376 g/mol. The second-order valence-corrected chi connectivity index (χ2v) is 5.18. The number of hydrogen-bond acceptors (Lipinski definition) is 6. The van der Waals surface area contributed by atoms with Gasteiger partial charge in [0.15, 0.2) is 5.82 Å². The quantitative estimate of drug-likeness (QED) is 0.747. The molecule has 0 atom stereocenters. The zero-order chi connectivity index (χ0) is 20.5. The zero-order valence-corrected chi connectivity index (χ0v) is 14.4. The number of carboxylic acid groups (broad SMARTS) is 1. The lowest BCUT2D eigenvalue weighted by molar-refractivity contribution is -0.192. The number of carbonyl (C=O) groups excluding carboxylic acids is 1. The molecule has 0 aliphatic carbocycles. The highest BCUT2D eigenvalue weighted by Gasteiger charge is 2.38. The van der Waals surface area contributed by atoms with Crippen molar-refractivity contribution >= 4 is 17.8 Å². The number of urea groups is 1. The van der Waals surface area contributed by atoms with Crippen LogP contribution < -0.4 is 10.7 Å². The van der Waals surface area contributed by atoms with E-state index < -0.39 is 18.2 Å². The molecular weight excluding hydrogens is 357 g/mol. The van der Waals surface area contributed by atoms with E-state index in [4.69, 9.17) is 20.9 Å². The Kier molecular flexibility index (Phi) is 8.82. The molecule has 0 radical (unpaired) electrons. The van der Waals surface area contributed by atoms with Gasteiger partial charge in [0.25, 0.3) is 0 Å². The van der Waals surface area contributed by atoms with Gasteiger partial charge in [0.1, 0.15) is 6.07 Å². The Bertz CT molecular complexity index is 660. The number of halogens is 3. The molecule has 144 valence electrons. The Morgan fingerprint density at radius 3 is 2.31 bits per heavy atom. The van der Waals surface area contributed by atoms with E-state index in [9.17, 15) is 18.0 Å². The lowest BCUT2D eigenvalue weighted by Crippen LogP contribution is -2.51. The maximum atomic E-state index is 11.5. The number of nitriles is 1. The summed E-state index contributed by atoms with van der Waals surface area (Å²) < 4.78 is 31.7. The predicted octanol–water partition coefficient (Wildman–Crippen LogP) is 1.76. The van der Waals surface area contributed by atoms with Gasteiger partial charge >= 0.3 is 18.2 Å². The molecule has 9 nitrogen and oxygen atoms in total. The zero-order valence-electron chi connectivity index (χ0n) is 14.4. The maximum absolute atomic E-state index is 11.5. The molecule has 0 aliphatic heterocycles. The van der Waals surface area contributed by atoms with Crippen LogP contribution in [0.1, 0.15) is 26.6 Å². The van der Waals surface area contributed by atoms with Crippen molar-refractivity contribution in [3.63, 3.8) is 0 Å². The molecule has 0 saturated carbocycles. The van der Waals surface area contributed by atoms with Crippen LogP contribution in [0.25, 0.3) is 0 Å². The van der Waals surface area contributed by atoms with Gasteiger partial charge in [-0.2, -0.15) is 23.4 Å². The predicted molar refractivity (Wildman–Crippen MR) is 84.6 cm³/mol. The standard InChI is InChI=1S/C12H18N6O.C2HF3O2/c1-4-17(12(14)19)18(8-9(2)3)11-5-6-15-10(7-13)16-11;3-2(4,5)1(6)7/h5-6,9H,4,8H2,1-3H3,(H2,14,19);(H,6,7). The van der Waals surface area contributed by atoms with Crippen LogP contribution in [0.5, 0.6) is 0 Å². The van der Waals surface area contributed by atoms with Crippen LogP contribution in [0.4, 0.5) is 23.8 Å². The largest absolute Gasteiger partial charge is 0.490 e. The smallest absolute Gasteiger partial charge is 0.475 e. The van der Waals surface area contributed by atoms with Crippen LogP contribution in [0.2, 0.25) is 0 Å². The van der Waals surface area contributed by atoms with Crippen LogP contribution in [0, 0.1) is 17.2 Å². The summed E-state index contributed by atoms with van der Waals surface area (Å²) in [6.45, 7) is 6.86. The van der Waals surface area contributed by atoms with Gasteiger partial charge in [0, 0.05) is 25.4 Å². The van der Waals surface area contributed by atoms with Gasteiger partial charge in [-0.3, -0.25) is 5.01 Å². The van der Waals surface area contributed by atoms with E-state index in [2.05, 4.69) is 9.97 Å². The fraction of sp³-hybridized carbons (Fsp3) is 0.500. The molecule has 0 unspecified atom stereocenters. The van der Waals surface area contributed by atoms with Crippen molar-refractivity contribution < 1.29 is 27.9 Å². The lowest BCUT2D eigenvalue weighted by atomic mass is 10.2.